The van der Waals surface area contributed by atoms with Crippen LogP contribution in [-0.2, 0) is 6.54 Å². The van der Waals surface area contributed by atoms with Crippen LogP contribution in [0, 0.1) is 6.92 Å². The van der Waals surface area contributed by atoms with Crippen molar-refractivity contribution in [1.29, 1.82) is 0 Å². The van der Waals surface area contributed by atoms with Gasteiger partial charge in [0.2, 0.25) is 0 Å². The van der Waals surface area contributed by atoms with Gasteiger partial charge in [-0.2, -0.15) is 0 Å². The number of rotatable bonds is 3. The van der Waals surface area contributed by atoms with E-state index >= 15 is 0 Å². The first-order chi connectivity index (χ1) is 8.84. The van der Waals surface area contributed by atoms with Crippen molar-refractivity contribution in [3.05, 3.63) is 53.6 Å². The molecule has 0 spiro atoms. The summed E-state index contributed by atoms with van der Waals surface area (Å²) >= 11 is 0.0305. The molecule has 1 heterocycles. The minimum atomic E-state index is 0.0305. The van der Waals surface area contributed by atoms with Crippen molar-refractivity contribution in [1.82, 2.24) is 7.96 Å². The van der Waals surface area contributed by atoms with Crippen LogP contribution in [0.2, 0.25) is 0 Å². The number of hydrogen-bond acceptors (Lipinski definition) is 3. The van der Waals surface area contributed by atoms with Gasteiger partial charge in [-0.25, -0.2) is 0 Å². The molecule has 0 unspecified atom stereocenters. The Bertz CT molecular complexity index is 675. The molecule has 0 amide bonds. The van der Waals surface area contributed by atoms with Gasteiger partial charge in [0.1, 0.15) is 0 Å². The molecule has 3 nitrogen and oxygen atoms in total. The van der Waals surface area contributed by atoms with Crippen LogP contribution in [0.3, 0.4) is 0 Å². The molecule has 0 aliphatic rings. The van der Waals surface area contributed by atoms with Gasteiger partial charge in [-0.05, 0) is 0 Å². The predicted molar refractivity (Wildman–Crippen MR) is 75.0 cm³/mol. The van der Waals surface area contributed by atoms with E-state index in [9.17, 15) is 0 Å². The number of aromatic nitrogens is 2. The Hall–Kier alpha value is -1.64. The van der Waals surface area contributed by atoms with Crippen LogP contribution in [0.15, 0.2) is 42.5 Å². The van der Waals surface area contributed by atoms with E-state index in [0.29, 0.717) is 0 Å². The maximum atomic E-state index is 4.47. The van der Waals surface area contributed by atoms with E-state index in [0.717, 1.165) is 23.3 Å². The Labute approximate surface area is 112 Å². The first kappa shape index (κ1) is 11.4. The molecule has 0 aliphatic heterocycles. The number of benzene rings is 2. The fraction of sp³-hybridized carbons (Fsp3) is 0.143. The average Bonchev–Trinajstić information content (AvgIpc) is 2.86. The Morgan fingerprint density at radius 2 is 1.94 bits per heavy atom. The summed E-state index contributed by atoms with van der Waals surface area (Å²) in [6.07, 6.45) is 0. The van der Waals surface area contributed by atoms with Crippen molar-refractivity contribution in [3.63, 3.8) is 0 Å². The molecule has 0 atom stereocenters. The van der Waals surface area contributed by atoms with Gasteiger partial charge in [-0.1, -0.05) is 0 Å². The molecule has 18 heavy (non-hydrogen) atoms. The summed E-state index contributed by atoms with van der Waals surface area (Å²) in [6, 6.07) is 14.5. The monoisotopic (exact) mass is 303 g/mol. The molecule has 0 fully saturated rings. The first-order valence-electron chi connectivity index (χ1n) is 5.84. The normalized spacial score (nSPS) is 10.7. The molecule has 0 radical (unpaired) electrons. The van der Waals surface area contributed by atoms with Gasteiger partial charge in [0.05, 0.1) is 0 Å². The van der Waals surface area contributed by atoms with Crippen molar-refractivity contribution in [3.8, 4) is 0 Å². The fourth-order valence-corrected chi connectivity index (χ4v) is 3.10. The molecular weight excluding hydrogens is 289 g/mol. The number of fused-ring (bicyclic) bond motifs is 1. The molecule has 90 valence electrons. The first-order valence-corrected chi connectivity index (χ1v) is 7.37. The van der Waals surface area contributed by atoms with Crippen molar-refractivity contribution in [2.45, 2.75) is 13.5 Å². The summed E-state index contributed by atoms with van der Waals surface area (Å²) in [6.45, 7) is 2.96. The molecule has 0 aliphatic carbocycles. The topological polar surface area (TPSA) is 37.8 Å². The maximum absolute atomic E-state index is 4.47. The summed E-state index contributed by atoms with van der Waals surface area (Å²) in [5.74, 6) is 0. The van der Waals surface area contributed by atoms with Gasteiger partial charge in [-0.3, -0.25) is 0 Å². The summed E-state index contributed by atoms with van der Waals surface area (Å²) in [5.41, 5.74) is 5.74. The number of hydrogen-bond donors (Lipinski definition) is 1. The second-order valence-electron chi connectivity index (χ2n) is 4.22. The third-order valence-corrected chi connectivity index (χ3v) is 4.15. The molecule has 4 heteroatoms. The number of nitrogens with one attached hydrogen (secondary N) is 1. The van der Waals surface area contributed by atoms with E-state index in [4.69, 9.17) is 0 Å². The Kier molecular flexibility index (Phi) is 3.13. The molecule has 0 bridgehead atoms. The summed E-state index contributed by atoms with van der Waals surface area (Å²) in [7, 11) is 0. The predicted octanol–water partition coefficient (Wildman–Crippen LogP) is 2.61. The van der Waals surface area contributed by atoms with Crippen molar-refractivity contribution >= 4 is 31.7 Å². The third kappa shape index (κ3) is 2.17. The molecule has 3 rings (SSSR count). The summed E-state index contributed by atoms with van der Waals surface area (Å²) in [5, 5.41) is 3.46. The second kappa shape index (κ2) is 4.92. The molecule has 1 aromatic heterocycles. The van der Waals surface area contributed by atoms with Crippen LogP contribution >= 0.6 is 0 Å². The van der Waals surface area contributed by atoms with Crippen LogP contribution in [0.25, 0.3) is 11.0 Å². The number of anilines is 1. The van der Waals surface area contributed by atoms with Crippen LogP contribution in [-0.4, -0.2) is 22.9 Å². The molecule has 1 N–H and O–H groups in total. The number of nitrogens with zero attached hydrogens (tertiary/aromatic N) is 2. The van der Waals surface area contributed by atoms with E-state index in [2.05, 4.69) is 50.5 Å². The second-order valence-corrected chi connectivity index (χ2v) is 5.33. The number of aryl methyl sites for hydroxylation is 1. The fourth-order valence-electron chi connectivity index (χ4n) is 1.95. The van der Waals surface area contributed by atoms with Gasteiger partial charge >= 0.3 is 112 Å². The molecular formula is C14H13N3Se. The van der Waals surface area contributed by atoms with Crippen LogP contribution in [0.5, 0.6) is 0 Å². The zero-order valence-corrected chi connectivity index (χ0v) is 11.8. The van der Waals surface area contributed by atoms with E-state index in [1.807, 2.05) is 12.1 Å². The molecule has 3 aromatic rings. The van der Waals surface area contributed by atoms with E-state index < -0.39 is 0 Å². The third-order valence-electron chi connectivity index (χ3n) is 3.02. The summed E-state index contributed by atoms with van der Waals surface area (Å²) in [4.78, 5) is 0. The van der Waals surface area contributed by atoms with Gasteiger partial charge in [0.15, 0.2) is 0 Å². The van der Waals surface area contributed by atoms with E-state index in [1.165, 1.54) is 11.1 Å². The molecule has 0 saturated carbocycles. The van der Waals surface area contributed by atoms with Crippen molar-refractivity contribution < 1.29 is 0 Å². The van der Waals surface area contributed by atoms with Gasteiger partial charge in [-0.15, -0.1) is 0 Å². The van der Waals surface area contributed by atoms with E-state index in [1.54, 1.807) is 0 Å². The van der Waals surface area contributed by atoms with Crippen molar-refractivity contribution in [2.24, 2.45) is 0 Å². The van der Waals surface area contributed by atoms with Gasteiger partial charge in [0.25, 0.3) is 0 Å². The van der Waals surface area contributed by atoms with Crippen LogP contribution < -0.4 is 5.32 Å². The minimum absolute atomic E-state index is 0.0305. The van der Waals surface area contributed by atoms with Crippen LogP contribution in [0.4, 0.5) is 5.69 Å². The average molecular weight is 302 g/mol. The van der Waals surface area contributed by atoms with Gasteiger partial charge in [0, 0.05) is 0 Å². The standard InChI is InChI=1S/C14H13N3Se/c1-10-5-2-3-6-11(10)9-15-12-7-4-8-13-14(12)17-18-16-13/h2-8,15H,9H2,1H3. The Morgan fingerprint density at radius 3 is 2.83 bits per heavy atom. The van der Waals surface area contributed by atoms with E-state index in [-0.39, 0.29) is 15.0 Å². The molecule has 0 saturated heterocycles. The SMILES string of the molecule is Cc1ccccc1CNc1cccc2n[se]nc12. The van der Waals surface area contributed by atoms with Crippen molar-refractivity contribution in [2.75, 3.05) is 5.32 Å². The quantitative estimate of drug-likeness (QED) is 0.756. The Balaban J connectivity index is 1.85. The Morgan fingerprint density at radius 1 is 1.06 bits per heavy atom. The zero-order valence-electron chi connectivity index (χ0n) is 10.1. The molecule has 2 aromatic carbocycles. The van der Waals surface area contributed by atoms with Gasteiger partial charge < -0.3 is 0 Å². The summed E-state index contributed by atoms with van der Waals surface area (Å²) < 4.78 is 8.86. The van der Waals surface area contributed by atoms with Crippen LogP contribution in [0.1, 0.15) is 11.1 Å². The zero-order chi connectivity index (χ0) is 12.4.